The third-order valence-electron chi connectivity index (χ3n) is 6.30. The fraction of sp³-hybridized carbons (Fsp3) is 0.370. The molecule has 34 heavy (non-hydrogen) atoms. The molecule has 0 saturated carbocycles. The van der Waals surface area contributed by atoms with E-state index in [2.05, 4.69) is 29.2 Å². The van der Waals surface area contributed by atoms with Gasteiger partial charge >= 0.3 is 11.6 Å². The van der Waals surface area contributed by atoms with Crippen LogP contribution < -0.4 is 10.3 Å². The standard InChI is InChI=1S/C27H31N3O4/c1-4-5-16-34-27-28-25(32)24(31)23-26(33)29(18(2)3)17-21(30(23)27)22(19-12-8-6-9-13-19)20-14-10-7-11-15-20/h6-15,18,21-22,31H,4-5,16-17H2,1-3H3/t21-/m1/s1. The highest BCUT2D eigenvalue weighted by Crippen LogP contribution is 2.42. The summed E-state index contributed by atoms with van der Waals surface area (Å²) < 4.78 is 7.60. The molecule has 1 aliphatic heterocycles. The average molecular weight is 462 g/mol. The van der Waals surface area contributed by atoms with Crippen LogP contribution in [0, 0.1) is 0 Å². The van der Waals surface area contributed by atoms with Crippen LogP contribution in [0.3, 0.4) is 0 Å². The summed E-state index contributed by atoms with van der Waals surface area (Å²) in [6, 6.07) is 19.7. The van der Waals surface area contributed by atoms with Crippen LogP contribution in [0.25, 0.3) is 0 Å². The molecule has 1 atom stereocenters. The zero-order valence-electron chi connectivity index (χ0n) is 19.8. The summed E-state index contributed by atoms with van der Waals surface area (Å²) in [5.74, 6) is -1.21. The van der Waals surface area contributed by atoms with Crippen molar-refractivity contribution < 1.29 is 14.6 Å². The third kappa shape index (κ3) is 4.42. The van der Waals surface area contributed by atoms with Crippen LogP contribution in [-0.2, 0) is 0 Å². The summed E-state index contributed by atoms with van der Waals surface area (Å²) in [4.78, 5) is 31.8. The fourth-order valence-corrected chi connectivity index (χ4v) is 4.59. The molecule has 0 saturated heterocycles. The number of rotatable bonds is 8. The molecule has 1 N–H and O–H groups in total. The molecule has 7 nitrogen and oxygen atoms in total. The monoisotopic (exact) mass is 461 g/mol. The molecule has 2 heterocycles. The van der Waals surface area contributed by atoms with Crippen LogP contribution >= 0.6 is 0 Å². The normalized spacial score (nSPS) is 15.6. The SMILES string of the molecule is CCCCOc1nc(=O)c(O)c2n1[C@@H](C(c1ccccc1)c1ccccc1)CN(C(C)C)C2=O. The van der Waals surface area contributed by atoms with Gasteiger partial charge in [-0.25, -0.2) is 0 Å². The van der Waals surface area contributed by atoms with E-state index in [0.717, 1.165) is 24.0 Å². The minimum Gasteiger partial charge on any atom is -0.501 e. The van der Waals surface area contributed by atoms with E-state index in [-0.39, 0.29) is 29.7 Å². The molecule has 0 bridgehead atoms. The van der Waals surface area contributed by atoms with Crippen molar-refractivity contribution in [3.8, 4) is 11.8 Å². The number of ether oxygens (including phenoxy) is 1. The van der Waals surface area contributed by atoms with Gasteiger partial charge in [-0.15, -0.1) is 0 Å². The Balaban J connectivity index is 1.98. The molecular weight excluding hydrogens is 430 g/mol. The lowest BCUT2D eigenvalue weighted by Gasteiger charge is -2.42. The molecule has 0 unspecified atom stereocenters. The lowest BCUT2D eigenvalue weighted by Crippen LogP contribution is -2.49. The Morgan fingerprint density at radius 2 is 1.62 bits per heavy atom. The number of carbonyl (C=O) groups is 1. The Morgan fingerprint density at radius 1 is 1.03 bits per heavy atom. The van der Waals surface area contributed by atoms with Crippen LogP contribution in [0.2, 0.25) is 0 Å². The van der Waals surface area contributed by atoms with E-state index in [0.29, 0.717) is 13.2 Å². The van der Waals surface area contributed by atoms with Crippen molar-refractivity contribution in [2.75, 3.05) is 13.2 Å². The van der Waals surface area contributed by atoms with Crippen molar-refractivity contribution in [2.24, 2.45) is 0 Å². The maximum atomic E-state index is 13.5. The van der Waals surface area contributed by atoms with E-state index in [1.807, 2.05) is 57.2 Å². The van der Waals surface area contributed by atoms with Crippen LogP contribution in [0.1, 0.15) is 67.2 Å². The van der Waals surface area contributed by atoms with Crippen LogP contribution in [0.4, 0.5) is 0 Å². The number of carbonyl (C=O) groups excluding carboxylic acids is 1. The van der Waals surface area contributed by atoms with Crippen molar-refractivity contribution in [1.82, 2.24) is 14.5 Å². The largest absolute Gasteiger partial charge is 0.501 e. The Labute approximate surface area is 199 Å². The highest BCUT2D eigenvalue weighted by Gasteiger charge is 2.42. The van der Waals surface area contributed by atoms with Crippen molar-refractivity contribution in [3.63, 3.8) is 0 Å². The number of benzene rings is 2. The highest BCUT2D eigenvalue weighted by molar-refractivity contribution is 5.96. The minimum atomic E-state index is -0.855. The summed E-state index contributed by atoms with van der Waals surface area (Å²) in [6.45, 7) is 6.65. The third-order valence-corrected chi connectivity index (χ3v) is 6.30. The second-order valence-corrected chi connectivity index (χ2v) is 8.89. The number of hydrogen-bond donors (Lipinski definition) is 1. The fourth-order valence-electron chi connectivity index (χ4n) is 4.59. The molecule has 0 aliphatic carbocycles. The summed E-state index contributed by atoms with van der Waals surface area (Å²) in [7, 11) is 0. The zero-order valence-corrected chi connectivity index (χ0v) is 19.8. The second-order valence-electron chi connectivity index (χ2n) is 8.89. The van der Waals surface area contributed by atoms with Crippen LogP contribution in [0.15, 0.2) is 65.5 Å². The maximum absolute atomic E-state index is 13.5. The van der Waals surface area contributed by atoms with Crippen LogP contribution in [0.5, 0.6) is 11.8 Å². The number of hydrogen-bond acceptors (Lipinski definition) is 5. The van der Waals surface area contributed by atoms with Gasteiger partial charge in [0.25, 0.3) is 5.91 Å². The van der Waals surface area contributed by atoms with Gasteiger partial charge in [0.05, 0.1) is 12.6 Å². The summed E-state index contributed by atoms with van der Waals surface area (Å²) >= 11 is 0. The summed E-state index contributed by atoms with van der Waals surface area (Å²) in [5.41, 5.74) is 1.19. The van der Waals surface area contributed by atoms with E-state index in [4.69, 9.17) is 4.74 Å². The van der Waals surface area contributed by atoms with Gasteiger partial charge in [0, 0.05) is 18.5 Å². The molecule has 0 fully saturated rings. The molecule has 3 aromatic rings. The number of unbranched alkanes of at least 4 members (excludes halogenated alkanes) is 1. The van der Waals surface area contributed by atoms with Gasteiger partial charge in [-0.2, -0.15) is 4.98 Å². The van der Waals surface area contributed by atoms with E-state index in [1.54, 1.807) is 9.47 Å². The minimum absolute atomic E-state index is 0.0617. The molecule has 1 aliphatic rings. The van der Waals surface area contributed by atoms with Gasteiger partial charge < -0.3 is 14.7 Å². The predicted molar refractivity (Wildman–Crippen MR) is 131 cm³/mol. The van der Waals surface area contributed by atoms with Gasteiger partial charge in [-0.3, -0.25) is 14.2 Å². The number of aromatic hydroxyl groups is 1. The maximum Gasteiger partial charge on any atom is 0.318 e. The van der Waals surface area contributed by atoms with Gasteiger partial charge in [0.1, 0.15) is 0 Å². The van der Waals surface area contributed by atoms with Gasteiger partial charge in [0.2, 0.25) is 5.75 Å². The van der Waals surface area contributed by atoms with E-state index < -0.39 is 17.2 Å². The molecule has 1 amide bonds. The summed E-state index contributed by atoms with van der Waals surface area (Å²) in [6.07, 6.45) is 1.69. The first kappa shape index (κ1) is 23.5. The lowest BCUT2D eigenvalue weighted by atomic mass is 9.83. The molecule has 178 valence electrons. The van der Waals surface area contributed by atoms with Crippen molar-refractivity contribution >= 4 is 5.91 Å². The lowest BCUT2D eigenvalue weighted by molar-refractivity contribution is 0.0568. The smallest absolute Gasteiger partial charge is 0.318 e. The summed E-state index contributed by atoms with van der Waals surface area (Å²) in [5, 5.41) is 10.8. The number of nitrogens with zero attached hydrogens (tertiary/aromatic N) is 3. The van der Waals surface area contributed by atoms with E-state index in [9.17, 15) is 14.7 Å². The Morgan fingerprint density at radius 3 is 2.15 bits per heavy atom. The van der Waals surface area contributed by atoms with Crippen LogP contribution in [-0.4, -0.2) is 44.7 Å². The van der Waals surface area contributed by atoms with E-state index in [1.165, 1.54) is 0 Å². The molecular formula is C27H31N3O4. The van der Waals surface area contributed by atoms with Crippen molar-refractivity contribution in [3.05, 3.63) is 87.8 Å². The predicted octanol–water partition coefficient (Wildman–Crippen LogP) is 4.37. The zero-order chi connectivity index (χ0) is 24.2. The van der Waals surface area contributed by atoms with Gasteiger partial charge in [0.15, 0.2) is 5.69 Å². The number of amides is 1. The van der Waals surface area contributed by atoms with Crippen molar-refractivity contribution in [1.29, 1.82) is 0 Å². The molecule has 4 rings (SSSR count). The molecule has 7 heteroatoms. The van der Waals surface area contributed by atoms with Gasteiger partial charge in [-0.1, -0.05) is 74.0 Å². The first-order valence-corrected chi connectivity index (χ1v) is 11.8. The number of aromatic nitrogens is 2. The molecule has 1 aromatic heterocycles. The first-order valence-electron chi connectivity index (χ1n) is 11.8. The van der Waals surface area contributed by atoms with E-state index >= 15 is 0 Å². The Bertz CT molecular complexity index is 1150. The Hall–Kier alpha value is -3.61. The molecule has 2 aromatic carbocycles. The van der Waals surface area contributed by atoms with Crippen molar-refractivity contribution in [2.45, 2.75) is 51.6 Å². The first-order chi connectivity index (χ1) is 16.4. The quantitative estimate of drug-likeness (QED) is 0.504. The Kier molecular flexibility index (Phi) is 7.01. The topological polar surface area (TPSA) is 84.7 Å². The van der Waals surface area contributed by atoms with Gasteiger partial charge in [-0.05, 0) is 31.4 Å². The second kappa shape index (κ2) is 10.1. The highest BCUT2D eigenvalue weighted by atomic mass is 16.5. The number of fused-ring (bicyclic) bond motifs is 1. The molecule has 0 spiro atoms. The average Bonchev–Trinajstić information content (AvgIpc) is 2.84. The molecule has 0 radical (unpaired) electrons.